The first-order valence-electron chi connectivity index (χ1n) is 8.45. The van der Waals surface area contributed by atoms with Crippen LogP contribution in [0, 0.1) is 0 Å². The predicted octanol–water partition coefficient (Wildman–Crippen LogP) is 3.68. The number of primary amides is 1. The van der Waals surface area contributed by atoms with Crippen molar-refractivity contribution < 1.29 is 14.4 Å². The van der Waals surface area contributed by atoms with Crippen molar-refractivity contribution in [1.29, 1.82) is 0 Å². The zero-order valence-corrected chi connectivity index (χ0v) is 14.8. The molecule has 0 heterocycles. The minimum Gasteiger partial charge on any atom is -0.351 e. The first kappa shape index (κ1) is 18.7. The van der Waals surface area contributed by atoms with Gasteiger partial charge in [0.2, 0.25) is 0 Å². The first-order valence-corrected chi connectivity index (χ1v) is 8.45. The van der Waals surface area contributed by atoms with Gasteiger partial charge in [-0.1, -0.05) is 18.2 Å². The fourth-order valence-corrected chi connectivity index (χ4v) is 2.48. The minimum absolute atomic E-state index is 0.220. The Labute approximate surface area is 161 Å². The number of amides is 4. The maximum absolute atomic E-state index is 12.3. The molecule has 7 nitrogen and oxygen atoms in total. The molecule has 0 aliphatic rings. The smallest absolute Gasteiger partial charge is 0.316 e. The van der Waals surface area contributed by atoms with Crippen molar-refractivity contribution in [2.75, 3.05) is 16.0 Å². The van der Waals surface area contributed by atoms with E-state index in [-0.39, 0.29) is 11.8 Å². The molecular weight excluding hydrogens is 356 g/mol. The molecule has 0 spiro atoms. The highest BCUT2D eigenvalue weighted by molar-refractivity contribution is 6.06. The number of carbonyl (C=O) groups excluding carboxylic acids is 3. The van der Waals surface area contributed by atoms with E-state index in [2.05, 4.69) is 16.0 Å². The summed E-state index contributed by atoms with van der Waals surface area (Å²) in [6.07, 6.45) is 0. The van der Waals surface area contributed by atoms with Crippen LogP contribution in [0.5, 0.6) is 0 Å². The van der Waals surface area contributed by atoms with Crippen molar-refractivity contribution in [3.8, 4) is 0 Å². The summed E-state index contributed by atoms with van der Waals surface area (Å²) in [5, 5.41) is 7.98. The molecule has 140 valence electrons. The maximum Gasteiger partial charge on any atom is 0.316 e. The Balaban J connectivity index is 1.60. The number of carbonyl (C=O) groups is 3. The SMILES string of the molecule is NC(=O)Nc1ccc(NC(=O)c2ccc(NC(=O)c3ccccc3)cc2)cc1. The molecule has 0 aromatic heterocycles. The lowest BCUT2D eigenvalue weighted by atomic mass is 10.1. The zero-order chi connectivity index (χ0) is 19.9. The highest BCUT2D eigenvalue weighted by atomic mass is 16.2. The number of anilines is 3. The quantitative estimate of drug-likeness (QED) is 0.546. The molecule has 0 fully saturated rings. The molecule has 28 heavy (non-hydrogen) atoms. The number of hydrogen-bond acceptors (Lipinski definition) is 3. The Morgan fingerprint density at radius 3 is 1.39 bits per heavy atom. The predicted molar refractivity (Wildman–Crippen MR) is 108 cm³/mol. The highest BCUT2D eigenvalue weighted by Gasteiger charge is 2.08. The molecule has 7 heteroatoms. The summed E-state index contributed by atoms with van der Waals surface area (Å²) < 4.78 is 0. The van der Waals surface area contributed by atoms with Crippen molar-refractivity contribution in [1.82, 2.24) is 0 Å². The van der Waals surface area contributed by atoms with Gasteiger partial charge in [-0.3, -0.25) is 9.59 Å². The van der Waals surface area contributed by atoms with Gasteiger partial charge in [0.15, 0.2) is 0 Å². The maximum atomic E-state index is 12.3. The van der Waals surface area contributed by atoms with E-state index in [0.717, 1.165) is 0 Å². The van der Waals surface area contributed by atoms with Crippen LogP contribution in [0.4, 0.5) is 21.9 Å². The fraction of sp³-hybridized carbons (Fsp3) is 0. The molecule has 3 rings (SSSR count). The molecule has 0 aliphatic carbocycles. The van der Waals surface area contributed by atoms with Crippen molar-refractivity contribution in [2.45, 2.75) is 0 Å². The molecule has 3 aromatic rings. The largest absolute Gasteiger partial charge is 0.351 e. The Hall–Kier alpha value is -4.13. The third-order valence-electron chi connectivity index (χ3n) is 3.85. The summed E-state index contributed by atoms with van der Waals surface area (Å²) in [5.41, 5.74) is 7.74. The fourth-order valence-electron chi connectivity index (χ4n) is 2.48. The lowest BCUT2D eigenvalue weighted by Gasteiger charge is -2.08. The molecule has 3 aromatic carbocycles. The summed E-state index contributed by atoms with van der Waals surface area (Å²) in [4.78, 5) is 35.3. The van der Waals surface area contributed by atoms with Gasteiger partial charge in [-0.05, 0) is 60.7 Å². The molecule has 0 saturated carbocycles. The second-order valence-electron chi connectivity index (χ2n) is 5.92. The van der Waals surface area contributed by atoms with Gasteiger partial charge in [-0.15, -0.1) is 0 Å². The van der Waals surface area contributed by atoms with E-state index in [9.17, 15) is 14.4 Å². The number of nitrogens with one attached hydrogen (secondary N) is 3. The number of urea groups is 1. The standard InChI is InChI=1S/C21H18N4O3/c22-21(28)25-18-12-10-17(11-13-18)24-20(27)15-6-8-16(9-7-15)23-19(26)14-4-2-1-3-5-14/h1-13H,(H,23,26)(H,24,27)(H3,22,25,28). The van der Waals surface area contributed by atoms with Crippen LogP contribution in [-0.4, -0.2) is 17.8 Å². The van der Waals surface area contributed by atoms with Crippen molar-refractivity contribution >= 4 is 34.9 Å². The van der Waals surface area contributed by atoms with Gasteiger partial charge in [-0.2, -0.15) is 0 Å². The second-order valence-corrected chi connectivity index (χ2v) is 5.92. The van der Waals surface area contributed by atoms with Gasteiger partial charge in [0.05, 0.1) is 0 Å². The van der Waals surface area contributed by atoms with Crippen LogP contribution in [0.3, 0.4) is 0 Å². The van der Waals surface area contributed by atoms with Crippen molar-refractivity contribution in [2.24, 2.45) is 5.73 Å². The molecule has 0 bridgehead atoms. The lowest BCUT2D eigenvalue weighted by molar-refractivity contribution is 0.102. The van der Waals surface area contributed by atoms with Crippen molar-refractivity contribution in [3.63, 3.8) is 0 Å². The third kappa shape index (κ3) is 4.95. The summed E-state index contributed by atoms with van der Waals surface area (Å²) in [7, 11) is 0. The third-order valence-corrected chi connectivity index (χ3v) is 3.85. The minimum atomic E-state index is -0.656. The number of benzene rings is 3. The summed E-state index contributed by atoms with van der Waals surface area (Å²) >= 11 is 0. The second kappa shape index (κ2) is 8.50. The zero-order valence-electron chi connectivity index (χ0n) is 14.8. The first-order chi connectivity index (χ1) is 13.5. The molecule has 4 amide bonds. The van der Waals surface area contributed by atoms with Gasteiger partial charge < -0.3 is 21.7 Å². The lowest BCUT2D eigenvalue weighted by Crippen LogP contribution is -2.19. The van der Waals surface area contributed by atoms with E-state index in [0.29, 0.717) is 28.2 Å². The number of rotatable bonds is 5. The summed E-state index contributed by atoms with van der Waals surface area (Å²) in [6.45, 7) is 0. The van der Waals surface area contributed by atoms with E-state index < -0.39 is 6.03 Å². The Kier molecular flexibility index (Phi) is 5.66. The van der Waals surface area contributed by atoms with Crippen LogP contribution >= 0.6 is 0 Å². The summed E-state index contributed by atoms with van der Waals surface area (Å²) in [5.74, 6) is -0.515. The topological polar surface area (TPSA) is 113 Å². The van der Waals surface area contributed by atoms with Gasteiger partial charge in [0, 0.05) is 28.2 Å². The van der Waals surface area contributed by atoms with Crippen LogP contribution in [0.2, 0.25) is 0 Å². The Bertz CT molecular complexity index is 984. The molecule has 5 N–H and O–H groups in total. The van der Waals surface area contributed by atoms with E-state index in [4.69, 9.17) is 5.73 Å². The normalized spacial score (nSPS) is 10.0. The summed E-state index contributed by atoms with van der Waals surface area (Å²) in [6, 6.07) is 21.3. The van der Waals surface area contributed by atoms with Gasteiger partial charge in [0.1, 0.15) is 0 Å². The van der Waals surface area contributed by atoms with E-state index in [1.165, 1.54) is 0 Å². The van der Waals surface area contributed by atoms with E-state index in [1.807, 2.05) is 6.07 Å². The van der Waals surface area contributed by atoms with E-state index in [1.54, 1.807) is 72.8 Å². The average molecular weight is 374 g/mol. The molecule has 0 radical (unpaired) electrons. The van der Waals surface area contributed by atoms with Crippen LogP contribution in [0.1, 0.15) is 20.7 Å². The highest BCUT2D eigenvalue weighted by Crippen LogP contribution is 2.16. The molecule has 0 atom stereocenters. The number of nitrogens with two attached hydrogens (primary N) is 1. The molecule has 0 unspecified atom stereocenters. The average Bonchev–Trinajstić information content (AvgIpc) is 2.70. The van der Waals surface area contributed by atoms with Gasteiger partial charge in [-0.25, -0.2) is 4.79 Å². The van der Waals surface area contributed by atoms with Crippen LogP contribution in [-0.2, 0) is 0 Å². The molecular formula is C21H18N4O3. The van der Waals surface area contributed by atoms with Crippen LogP contribution < -0.4 is 21.7 Å². The van der Waals surface area contributed by atoms with Gasteiger partial charge in [0.25, 0.3) is 11.8 Å². The van der Waals surface area contributed by atoms with Gasteiger partial charge >= 0.3 is 6.03 Å². The monoisotopic (exact) mass is 374 g/mol. The van der Waals surface area contributed by atoms with E-state index >= 15 is 0 Å². The van der Waals surface area contributed by atoms with Crippen molar-refractivity contribution in [3.05, 3.63) is 90.0 Å². The number of hydrogen-bond donors (Lipinski definition) is 4. The molecule has 0 aliphatic heterocycles. The Morgan fingerprint density at radius 2 is 0.929 bits per heavy atom. The van der Waals surface area contributed by atoms with Crippen LogP contribution in [0.25, 0.3) is 0 Å². The molecule has 0 saturated heterocycles. The van der Waals surface area contributed by atoms with Crippen LogP contribution in [0.15, 0.2) is 78.9 Å². The Morgan fingerprint density at radius 1 is 0.536 bits per heavy atom.